The quantitative estimate of drug-likeness (QED) is 0.679. The summed E-state index contributed by atoms with van der Waals surface area (Å²) in [6, 6.07) is 4.86. The zero-order valence-corrected chi connectivity index (χ0v) is 13.3. The highest BCUT2D eigenvalue weighted by Crippen LogP contribution is 2.34. The Morgan fingerprint density at radius 3 is 1.74 bits per heavy atom. The van der Waals surface area contributed by atoms with E-state index in [9.17, 15) is 0 Å². The molecule has 2 rings (SSSR count). The van der Waals surface area contributed by atoms with Gasteiger partial charge >= 0.3 is 0 Å². The molecule has 0 aliphatic carbocycles. The molecule has 0 saturated carbocycles. The first-order valence-corrected chi connectivity index (χ1v) is 7.68. The lowest BCUT2D eigenvalue weighted by Gasteiger charge is -2.22. The SMILES string of the molecule is CC(C)c1cc(C(C)C)c(CC2CO2)c(C(C)C)c1. The van der Waals surface area contributed by atoms with Crippen molar-refractivity contribution in [3.05, 3.63) is 34.4 Å². The maximum absolute atomic E-state index is 5.46. The largest absolute Gasteiger partial charge is 0.373 e. The first-order chi connectivity index (χ1) is 8.90. The Morgan fingerprint density at radius 2 is 1.42 bits per heavy atom. The number of hydrogen-bond donors (Lipinski definition) is 0. The van der Waals surface area contributed by atoms with E-state index in [2.05, 4.69) is 53.7 Å². The normalized spacial score (nSPS) is 18.7. The number of rotatable bonds is 5. The zero-order valence-electron chi connectivity index (χ0n) is 13.3. The van der Waals surface area contributed by atoms with Crippen LogP contribution < -0.4 is 0 Å². The second-order valence-corrected chi connectivity index (χ2v) is 6.80. The van der Waals surface area contributed by atoms with Gasteiger partial charge in [0.2, 0.25) is 0 Å². The lowest BCUT2D eigenvalue weighted by Crippen LogP contribution is -2.09. The lowest BCUT2D eigenvalue weighted by molar-refractivity contribution is 0.406. The molecule has 1 aromatic carbocycles. The molecular weight excluding hydrogens is 232 g/mol. The molecule has 19 heavy (non-hydrogen) atoms. The van der Waals surface area contributed by atoms with Crippen LogP contribution in [0.2, 0.25) is 0 Å². The van der Waals surface area contributed by atoms with E-state index in [0.29, 0.717) is 23.9 Å². The fourth-order valence-electron chi connectivity index (χ4n) is 2.75. The molecule has 1 heteroatoms. The monoisotopic (exact) mass is 260 g/mol. The summed E-state index contributed by atoms with van der Waals surface area (Å²) in [6.45, 7) is 14.7. The molecule has 1 heterocycles. The summed E-state index contributed by atoms with van der Waals surface area (Å²) in [5.41, 5.74) is 6.10. The van der Waals surface area contributed by atoms with Crippen LogP contribution in [0.15, 0.2) is 12.1 Å². The van der Waals surface area contributed by atoms with E-state index in [1.807, 2.05) is 0 Å². The predicted octanol–water partition coefficient (Wildman–Crippen LogP) is 5.00. The summed E-state index contributed by atoms with van der Waals surface area (Å²) >= 11 is 0. The van der Waals surface area contributed by atoms with Gasteiger partial charge in [0, 0.05) is 6.42 Å². The van der Waals surface area contributed by atoms with Crippen molar-refractivity contribution in [2.24, 2.45) is 0 Å². The molecule has 0 radical (unpaired) electrons. The van der Waals surface area contributed by atoms with Crippen LogP contribution in [0.5, 0.6) is 0 Å². The number of benzene rings is 1. The average Bonchev–Trinajstić information content (AvgIpc) is 3.12. The topological polar surface area (TPSA) is 12.5 Å². The average molecular weight is 260 g/mol. The van der Waals surface area contributed by atoms with Gasteiger partial charge in [-0.2, -0.15) is 0 Å². The van der Waals surface area contributed by atoms with Gasteiger partial charge in [-0.25, -0.2) is 0 Å². The van der Waals surface area contributed by atoms with Gasteiger partial charge in [-0.1, -0.05) is 53.7 Å². The molecule has 1 fully saturated rings. The Hall–Kier alpha value is -0.820. The number of epoxide rings is 1. The van der Waals surface area contributed by atoms with Crippen molar-refractivity contribution in [2.45, 2.75) is 71.8 Å². The van der Waals surface area contributed by atoms with Crippen LogP contribution in [-0.4, -0.2) is 12.7 Å². The smallest absolute Gasteiger partial charge is 0.0850 e. The predicted molar refractivity (Wildman–Crippen MR) is 82.2 cm³/mol. The Balaban J connectivity index is 2.51. The summed E-state index contributed by atoms with van der Waals surface area (Å²) in [7, 11) is 0. The van der Waals surface area contributed by atoms with E-state index >= 15 is 0 Å². The molecule has 1 saturated heterocycles. The third-order valence-electron chi connectivity index (χ3n) is 4.09. The maximum Gasteiger partial charge on any atom is 0.0850 e. The lowest BCUT2D eigenvalue weighted by atomic mass is 9.83. The van der Waals surface area contributed by atoms with E-state index in [1.165, 1.54) is 16.7 Å². The Labute approximate surface area is 118 Å². The second-order valence-electron chi connectivity index (χ2n) is 6.80. The van der Waals surface area contributed by atoms with Crippen molar-refractivity contribution in [1.29, 1.82) is 0 Å². The van der Waals surface area contributed by atoms with Crippen LogP contribution in [0.3, 0.4) is 0 Å². The minimum absolute atomic E-state index is 0.472. The van der Waals surface area contributed by atoms with E-state index in [-0.39, 0.29) is 0 Å². The highest BCUT2D eigenvalue weighted by Gasteiger charge is 2.27. The molecule has 1 aliphatic rings. The van der Waals surface area contributed by atoms with Crippen molar-refractivity contribution in [1.82, 2.24) is 0 Å². The summed E-state index contributed by atoms with van der Waals surface area (Å²) in [5.74, 6) is 1.77. The van der Waals surface area contributed by atoms with Gasteiger partial charge in [0.1, 0.15) is 0 Å². The fourth-order valence-corrected chi connectivity index (χ4v) is 2.75. The second kappa shape index (κ2) is 5.66. The molecule has 1 unspecified atom stereocenters. The molecule has 0 N–H and O–H groups in total. The van der Waals surface area contributed by atoms with Gasteiger partial charge in [-0.15, -0.1) is 0 Å². The highest BCUT2D eigenvalue weighted by molar-refractivity contribution is 5.44. The van der Waals surface area contributed by atoms with Crippen molar-refractivity contribution in [2.75, 3.05) is 6.61 Å². The standard InChI is InChI=1S/C18H28O/c1-11(2)14-7-16(12(3)4)18(9-15-10-19-15)17(8-14)13(5)6/h7-8,11-13,15H,9-10H2,1-6H3. The molecule has 0 amide bonds. The molecule has 0 bridgehead atoms. The Morgan fingerprint density at radius 1 is 0.947 bits per heavy atom. The van der Waals surface area contributed by atoms with E-state index < -0.39 is 0 Å². The van der Waals surface area contributed by atoms with Crippen molar-refractivity contribution < 1.29 is 4.74 Å². The van der Waals surface area contributed by atoms with Gasteiger partial charge in [0.25, 0.3) is 0 Å². The van der Waals surface area contributed by atoms with Crippen LogP contribution in [-0.2, 0) is 11.2 Å². The van der Waals surface area contributed by atoms with Crippen LogP contribution in [0.1, 0.15) is 81.5 Å². The van der Waals surface area contributed by atoms with Crippen LogP contribution in [0, 0.1) is 0 Å². The van der Waals surface area contributed by atoms with Gasteiger partial charge in [-0.3, -0.25) is 0 Å². The van der Waals surface area contributed by atoms with Crippen molar-refractivity contribution in [3.8, 4) is 0 Å². The molecule has 1 atom stereocenters. The summed E-state index contributed by atoms with van der Waals surface area (Å²) in [5, 5.41) is 0. The van der Waals surface area contributed by atoms with E-state index in [4.69, 9.17) is 4.74 Å². The Kier molecular flexibility index (Phi) is 4.35. The van der Waals surface area contributed by atoms with Crippen molar-refractivity contribution >= 4 is 0 Å². The van der Waals surface area contributed by atoms with Crippen molar-refractivity contribution in [3.63, 3.8) is 0 Å². The minimum atomic E-state index is 0.472. The van der Waals surface area contributed by atoms with Crippen LogP contribution in [0.25, 0.3) is 0 Å². The molecular formula is C18H28O. The van der Waals surface area contributed by atoms with Crippen LogP contribution in [0.4, 0.5) is 0 Å². The molecule has 106 valence electrons. The fraction of sp³-hybridized carbons (Fsp3) is 0.667. The van der Waals surface area contributed by atoms with Gasteiger partial charge in [0.15, 0.2) is 0 Å². The third-order valence-corrected chi connectivity index (χ3v) is 4.09. The van der Waals surface area contributed by atoms with Crippen LogP contribution >= 0.6 is 0 Å². The first-order valence-electron chi connectivity index (χ1n) is 7.68. The Bertz CT molecular complexity index is 410. The third kappa shape index (κ3) is 3.39. The zero-order chi connectivity index (χ0) is 14.2. The summed E-state index contributed by atoms with van der Waals surface area (Å²) < 4.78 is 5.46. The van der Waals surface area contributed by atoms with E-state index in [1.54, 1.807) is 5.56 Å². The van der Waals surface area contributed by atoms with Gasteiger partial charge in [0.05, 0.1) is 12.7 Å². The molecule has 1 aromatic rings. The van der Waals surface area contributed by atoms with Gasteiger partial charge in [-0.05, 0) is 40.0 Å². The molecule has 0 aromatic heterocycles. The number of hydrogen-bond acceptors (Lipinski definition) is 1. The summed E-state index contributed by atoms with van der Waals surface area (Å²) in [6.07, 6.45) is 1.57. The first kappa shape index (κ1) is 14.6. The molecule has 1 aliphatic heterocycles. The van der Waals surface area contributed by atoms with E-state index in [0.717, 1.165) is 13.0 Å². The number of ether oxygens (including phenoxy) is 1. The minimum Gasteiger partial charge on any atom is -0.373 e. The molecule has 1 nitrogen and oxygen atoms in total. The molecule has 0 spiro atoms. The summed E-state index contributed by atoms with van der Waals surface area (Å²) in [4.78, 5) is 0. The maximum atomic E-state index is 5.46. The van der Waals surface area contributed by atoms with Gasteiger partial charge < -0.3 is 4.74 Å². The highest BCUT2D eigenvalue weighted by atomic mass is 16.6.